The standard InChI is InChI=1S/C19H17F3N2O6/c1-30-18(27)14(10-12-4-2-3-5-15(12)24(28)29)23-17(26)16(25)11-6-8-13(9-7-11)19(20,21)22/h2-9,14,16,25H,10H2,1H3,(H,23,26)/t14-,16+/m0/s1. The molecule has 2 aromatic carbocycles. The Bertz CT molecular complexity index is 931. The van der Waals surface area contributed by atoms with E-state index in [0.717, 1.165) is 19.2 Å². The van der Waals surface area contributed by atoms with Gasteiger partial charge in [-0.05, 0) is 17.7 Å². The summed E-state index contributed by atoms with van der Waals surface area (Å²) in [7, 11) is 1.05. The molecule has 2 N–H and O–H groups in total. The molecule has 0 fully saturated rings. The average Bonchev–Trinajstić information content (AvgIpc) is 2.71. The molecule has 0 radical (unpaired) electrons. The van der Waals surface area contributed by atoms with Crippen molar-refractivity contribution < 1.29 is 37.5 Å². The molecule has 8 nitrogen and oxygen atoms in total. The van der Waals surface area contributed by atoms with Gasteiger partial charge in [0, 0.05) is 18.1 Å². The number of para-hydroxylation sites is 1. The highest BCUT2D eigenvalue weighted by Gasteiger charge is 2.31. The summed E-state index contributed by atoms with van der Waals surface area (Å²) >= 11 is 0. The van der Waals surface area contributed by atoms with Crippen LogP contribution in [0.5, 0.6) is 0 Å². The van der Waals surface area contributed by atoms with Gasteiger partial charge in [0.1, 0.15) is 6.04 Å². The SMILES string of the molecule is COC(=O)[C@H](Cc1ccccc1[N+](=O)[O-])NC(=O)[C@H](O)c1ccc(C(F)(F)F)cc1. The number of benzene rings is 2. The Morgan fingerprint density at radius 1 is 1.17 bits per heavy atom. The molecule has 2 rings (SSSR count). The van der Waals surface area contributed by atoms with Gasteiger partial charge in [-0.3, -0.25) is 14.9 Å². The Morgan fingerprint density at radius 2 is 1.77 bits per heavy atom. The zero-order chi connectivity index (χ0) is 22.5. The lowest BCUT2D eigenvalue weighted by Gasteiger charge is -2.19. The summed E-state index contributed by atoms with van der Waals surface area (Å²) in [5, 5.41) is 23.5. The predicted octanol–water partition coefficient (Wildman–Crippen LogP) is 2.55. The first-order valence-corrected chi connectivity index (χ1v) is 8.50. The van der Waals surface area contributed by atoms with Crippen molar-refractivity contribution in [2.45, 2.75) is 24.7 Å². The number of aliphatic hydroxyl groups is 1. The van der Waals surface area contributed by atoms with E-state index in [-0.39, 0.29) is 23.2 Å². The number of carbonyl (C=O) groups is 2. The van der Waals surface area contributed by atoms with Gasteiger partial charge in [0.05, 0.1) is 17.6 Å². The summed E-state index contributed by atoms with van der Waals surface area (Å²) in [5.41, 5.74) is -1.22. The number of nitro benzene ring substituents is 1. The van der Waals surface area contributed by atoms with E-state index < -0.39 is 40.7 Å². The average molecular weight is 426 g/mol. The largest absolute Gasteiger partial charge is 0.467 e. The molecule has 0 saturated carbocycles. The number of nitrogens with zero attached hydrogens (tertiary/aromatic N) is 1. The minimum Gasteiger partial charge on any atom is -0.467 e. The fourth-order valence-corrected chi connectivity index (χ4v) is 2.67. The maximum absolute atomic E-state index is 12.6. The molecule has 160 valence electrons. The van der Waals surface area contributed by atoms with E-state index in [4.69, 9.17) is 0 Å². The first kappa shape index (κ1) is 22.8. The van der Waals surface area contributed by atoms with E-state index in [1.54, 1.807) is 0 Å². The Labute approximate surface area is 168 Å². The number of alkyl halides is 3. The highest BCUT2D eigenvalue weighted by atomic mass is 19.4. The maximum atomic E-state index is 12.6. The van der Waals surface area contributed by atoms with Crippen molar-refractivity contribution in [2.75, 3.05) is 7.11 Å². The number of hydrogen-bond acceptors (Lipinski definition) is 6. The summed E-state index contributed by atoms with van der Waals surface area (Å²) in [4.78, 5) is 34.9. The minimum absolute atomic E-state index is 0.130. The number of nitro groups is 1. The van der Waals surface area contributed by atoms with Crippen molar-refractivity contribution in [2.24, 2.45) is 0 Å². The first-order chi connectivity index (χ1) is 14.0. The van der Waals surface area contributed by atoms with Crippen LogP contribution < -0.4 is 5.32 Å². The van der Waals surface area contributed by atoms with Crippen molar-refractivity contribution in [3.63, 3.8) is 0 Å². The lowest BCUT2D eigenvalue weighted by atomic mass is 10.0. The molecule has 0 saturated heterocycles. The molecule has 0 aliphatic rings. The van der Waals surface area contributed by atoms with Gasteiger partial charge in [-0.25, -0.2) is 4.79 Å². The third kappa shape index (κ3) is 5.54. The van der Waals surface area contributed by atoms with Crippen LogP contribution in [0.3, 0.4) is 0 Å². The van der Waals surface area contributed by atoms with Gasteiger partial charge in [-0.2, -0.15) is 13.2 Å². The molecule has 0 aliphatic carbocycles. The van der Waals surface area contributed by atoms with Crippen LogP contribution in [-0.2, 0) is 26.9 Å². The summed E-state index contributed by atoms with van der Waals surface area (Å²) < 4.78 is 42.5. The topological polar surface area (TPSA) is 119 Å². The van der Waals surface area contributed by atoms with Gasteiger partial charge in [0.15, 0.2) is 6.10 Å². The summed E-state index contributed by atoms with van der Waals surface area (Å²) in [5.74, 6) is -2.00. The number of rotatable bonds is 7. The fourth-order valence-electron chi connectivity index (χ4n) is 2.67. The zero-order valence-corrected chi connectivity index (χ0v) is 15.6. The maximum Gasteiger partial charge on any atom is 0.416 e. The van der Waals surface area contributed by atoms with Crippen LogP contribution >= 0.6 is 0 Å². The smallest absolute Gasteiger partial charge is 0.416 e. The van der Waals surface area contributed by atoms with Crippen molar-refractivity contribution in [3.8, 4) is 0 Å². The normalized spacial score (nSPS) is 13.2. The van der Waals surface area contributed by atoms with E-state index in [2.05, 4.69) is 10.1 Å². The summed E-state index contributed by atoms with van der Waals surface area (Å²) in [6.45, 7) is 0. The lowest BCUT2D eigenvalue weighted by molar-refractivity contribution is -0.385. The monoisotopic (exact) mass is 426 g/mol. The lowest BCUT2D eigenvalue weighted by Crippen LogP contribution is -2.45. The van der Waals surface area contributed by atoms with Crippen LogP contribution in [0, 0.1) is 10.1 Å². The van der Waals surface area contributed by atoms with Gasteiger partial charge in [-0.1, -0.05) is 30.3 Å². The Morgan fingerprint density at radius 3 is 2.30 bits per heavy atom. The minimum atomic E-state index is -4.58. The number of esters is 1. The van der Waals surface area contributed by atoms with Crippen LogP contribution in [0.1, 0.15) is 22.8 Å². The highest BCUT2D eigenvalue weighted by Crippen LogP contribution is 2.30. The van der Waals surface area contributed by atoms with Crippen LogP contribution in [0.4, 0.5) is 18.9 Å². The van der Waals surface area contributed by atoms with Crippen LogP contribution in [0.15, 0.2) is 48.5 Å². The predicted molar refractivity (Wildman–Crippen MR) is 97.2 cm³/mol. The molecule has 0 aliphatic heterocycles. The second kappa shape index (κ2) is 9.35. The van der Waals surface area contributed by atoms with E-state index in [9.17, 15) is 38.0 Å². The van der Waals surface area contributed by atoms with Crippen molar-refractivity contribution in [1.82, 2.24) is 5.32 Å². The van der Waals surface area contributed by atoms with Gasteiger partial charge in [0.25, 0.3) is 11.6 Å². The van der Waals surface area contributed by atoms with E-state index in [1.165, 1.54) is 24.3 Å². The Hall–Kier alpha value is -3.47. The van der Waals surface area contributed by atoms with E-state index >= 15 is 0 Å². The molecule has 30 heavy (non-hydrogen) atoms. The number of aliphatic hydroxyl groups excluding tert-OH is 1. The number of amides is 1. The molecular weight excluding hydrogens is 409 g/mol. The number of methoxy groups -OCH3 is 1. The summed E-state index contributed by atoms with van der Waals surface area (Å²) in [6, 6.07) is 7.47. The second-order valence-corrected chi connectivity index (χ2v) is 6.20. The molecule has 0 spiro atoms. The number of hydrogen-bond donors (Lipinski definition) is 2. The highest BCUT2D eigenvalue weighted by molar-refractivity contribution is 5.87. The quantitative estimate of drug-likeness (QED) is 0.399. The van der Waals surface area contributed by atoms with Crippen LogP contribution in [0.2, 0.25) is 0 Å². The van der Waals surface area contributed by atoms with Gasteiger partial charge in [0.2, 0.25) is 0 Å². The molecular formula is C19H17F3N2O6. The number of halogens is 3. The number of nitrogens with one attached hydrogen (secondary N) is 1. The third-order valence-corrected chi connectivity index (χ3v) is 4.22. The van der Waals surface area contributed by atoms with E-state index in [0.29, 0.717) is 12.1 Å². The van der Waals surface area contributed by atoms with Crippen LogP contribution in [-0.4, -0.2) is 35.1 Å². The van der Waals surface area contributed by atoms with Crippen LogP contribution in [0.25, 0.3) is 0 Å². The second-order valence-electron chi connectivity index (χ2n) is 6.20. The first-order valence-electron chi connectivity index (χ1n) is 8.50. The Balaban J connectivity index is 2.19. The molecule has 1 amide bonds. The molecule has 0 aromatic heterocycles. The molecule has 0 unspecified atom stereocenters. The van der Waals surface area contributed by atoms with Gasteiger partial charge >= 0.3 is 12.1 Å². The summed E-state index contributed by atoms with van der Waals surface area (Å²) in [6.07, 6.45) is -6.74. The van der Waals surface area contributed by atoms with Crippen molar-refractivity contribution in [1.29, 1.82) is 0 Å². The molecule has 2 aromatic rings. The fraction of sp³-hybridized carbons (Fsp3) is 0.263. The molecule has 11 heteroatoms. The Kier molecular flexibility index (Phi) is 7.11. The number of ether oxygens (including phenoxy) is 1. The molecule has 0 bridgehead atoms. The third-order valence-electron chi connectivity index (χ3n) is 4.22. The molecule has 0 heterocycles. The molecule has 2 atom stereocenters. The van der Waals surface area contributed by atoms with Crippen molar-refractivity contribution in [3.05, 3.63) is 75.3 Å². The van der Waals surface area contributed by atoms with E-state index in [1.807, 2.05) is 0 Å². The zero-order valence-electron chi connectivity index (χ0n) is 15.6. The van der Waals surface area contributed by atoms with Crippen molar-refractivity contribution >= 4 is 17.6 Å². The van der Waals surface area contributed by atoms with Gasteiger partial charge < -0.3 is 15.2 Å². The number of carbonyl (C=O) groups excluding carboxylic acids is 2. The van der Waals surface area contributed by atoms with Gasteiger partial charge in [-0.15, -0.1) is 0 Å².